The van der Waals surface area contributed by atoms with Crippen LogP contribution in [0.5, 0.6) is 5.75 Å². The first-order chi connectivity index (χ1) is 15.2. The molecule has 31 heavy (non-hydrogen) atoms. The van der Waals surface area contributed by atoms with Gasteiger partial charge in [-0.15, -0.1) is 0 Å². The van der Waals surface area contributed by atoms with Gasteiger partial charge in [-0.3, -0.25) is 4.79 Å². The molecular formula is C24H22N4O3. The van der Waals surface area contributed by atoms with Gasteiger partial charge in [-0.25, -0.2) is 4.98 Å². The Morgan fingerprint density at radius 3 is 2.65 bits per heavy atom. The second kappa shape index (κ2) is 9.28. The van der Waals surface area contributed by atoms with E-state index in [4.69, 9.17) is 14.5 Å². The van der Waals surface area contributed by atoms with Gasteiger partial charge in [0.2, 0.25) is 0 Å². The lowest BCUT2D eigenvalue weighted by Crippen LogP contribution is -2.37. The molecular weight excluding hydrogens is 392 g/mol. The average molecular weight is 414 g/mol. The fourth-order valence-electron chi connectivity index (χ4n) is 3.43. The normalized spacial score (nSPS) is 14.2. The Balaban J connectivity index is 1.69. The number of methoxy groups -OCH3 is 1. The van der Waals surface area contributed by atoms with Crippen molar-refractivity contribution in [2.45, 2.75) is 0 Å². The number of morpholine rings is 1. The van der Waals surface area contributed by atoms with E-state index in [0.29, 0.717) is 37.7 Å². The number of nitriles is 1. The van der Waals surface area contributed by atoms with E-state index in [2.05, 4.69) is 10.2 Å². The fraction of sp³-hybridized carbons (Fsp3) is 0.208. The summed E-state index contributed by atoms with van der Waals surface area (Å²) in [5.74, 6) is 0.951. The third kappa shape index (κ3) is 4.65. The van der Waals surface area contributed by atoms with E-state index in [1.807, 2.05) is 36.4 Å². The summed E-state index contributed by atoms with van der Waals surface area (Å²) in [7, 11) is 1.58. The van der Waals surface area contributed by atoms with E-state index in [1.54, 1.807) is 37.5 Å². The quantitative estimate of drug-likeness (QED) is 0.507. The maximum Gasteiger partial charge on any atom is 0.266 e. The molecule has 1 aromatic heterocycles. The highest BCUT2D eigenvalue weighted by Gasteiger charge is 2.18. The molecule has 1 aliphatic heterocycles. The van der Waals surface area contributed by atoms with Crippen molar-refractivity contribution in [1.29, 1.82) is 5.26 Å². The van der Waals surface area contributed by atoms with Crippen LogP contribution in [0.1, 0.15) is 5.56 Å². The Morgan fingerprint density at radius 1 is 1.19 bits per heavy atom. The standard InChI is InChI=1S/C24H22N4O3/c1-30-21-8-6-20(7-9-21)26-24(29)19(16-25)15-18-14-17-4-2-3-5-22(17)27-23(18)28-10-12-31-13-11-28/h2-9,14-15H,10-13H2,1H3,(H,26,29)/b19-15-. The van der Waals surface area contributed by atoms with Crippen LogP contribution in [0.3, 0.4) is 0 Å². The molecule has 0 aliphatic carbocycles. The molecule has 0 unspecified atom stereocenters. The molecule has 1 saturated heterocycles. The number of nitrogens with zero attached hydrogens (tertiary/aromatic N) is 3. The Kier molecular flexibility index (Phi) is 6.11. The molecule has 0 atom stereocenters. The first-order valence-electron chi connectivity index (χ1n) is 9.97. The van der Waals surface area contributed by atoms with Crippen molar-refractivity contribution >= 4 is 34.4 Å². The molecule has 2 heterocycles. The summed E-state index contributed by atoms with van der Waals surface area (Å²) in [6.07, 6.45) is 1.60. The first-order valence-corrected chi connectivity index (χ1v) is 9.97. The molecule has 0 spiro atoms. The van der Waals surface area contributed by atoms with Crippen molar-refractivity contribution in [1.82, 2.24) is 4.98 Å². The zero-order chi connectivity index (χ0) is 21.6. The SMILES string of the molecule is COc1ccc(NC(=O)/C(C#N)=C\c2cc3ccccc3nc2N2CCOCC2)cc1. The molecule has 3 aromatic rings. The third-order valence-corrected chi connectivity index (χ3v) is 5.06. The van der Waals surface area contributed by atoms with E-state index in [0.717, 1.165) is 22.3 Å². The van der Waals surface area contributed by atoms with Gasteiger partial charge in [0.1, 0.15) is 23.2 Å². The highest BCUT2D eigenvalue weighted by Crippen LogP contribution is 2.27. The number of benzene rings is 2. The van der Waals surface area contributed by atoms with Crippen LogP contribution in [0.4, 0.5) is 11.5 Å². The molecule has 7 nitrogen and oxygen atoms in total. The Labute approximate surface area is 180 Å². The number of carbonyl (C=O) groups is 1. The Bertz CT molecular complexity index is 1160. The van der Waals surface area contributed by atoms with Crippen LogP contribution in [0.25, 0.3) is 17.0 Å². The number of hydrogen-bond donors (Lipinski definition) is 1. The molecule has 7 heteroatoms. The number of nitrogens with one attached hydrogen (secondary N) is 1. The van der Waals surface area contributed by atoms with Crippen LogP contribution in [0.2, 0.25) is 0 Å². The maximum absolute atomic E-state index is 12.8. The summed E-state index contributed by atoms with van der Waals surface area (Å²) in [6, 6.07) is 18.7. The number of pyridine rings is 1. The number of para-hydroxylation sites is 1. The van der Waals surface area contributed by atoms with Crippen molar-refractivity contribution in [3.8, 4) is 11.8 Å². The molecule has 4 rings (SSSR count). The zero-order valence-corrected chi connectivity index (χ0v) is 17.2. The van der Waals surface area contributed by atoms with Crippen LogP contribution in [-0.2, 0) is 9.53 Å². The Hall–Kier alpha value is -3.89. The van der Waals surface area contributed by atoms with E-state index in [-0.39, 0.29) is 5.57 Å². The summed E-state index contributed by atoms with van der Waals surface area (Å²) in [5, 5.41) is 13.4. The van der Waals surface area contributed by atoms with Gasteiger partial charge < -0.3 is 19.7 Å². The van der Waals surface area contributed by atoms with Gasteiger partial charge in [0.15, 0.2) is 0 Å². The van der Waals surface area contributed by atoms with Crippen LogP contribution in [0.15, 0.2) is 60.2 Å². The topological polar surface area (TPSA) is 87.5 Å². The molecule has 1 N–H and O–H groups in total. The van der Waals surface area contributed by atoms with Gasteiger partial charge in [-0.05, 0) is 42.5 Å². The number of hydrogen-bond acceptors (Lipinski definition) is 6. The van der Waals surface area contributed by atoms with E-state index < -0.39 is 5.91 Å². The van der Waals surface area contributed by atoms with Gasteiger partial charge in [0.25, 0.3) is 5.91 Å². The van der Waals surface area contributed by atoms with E-state index in [9.17, 15) is 10.1 Å². The lowest BCUT2D eigenvalue weighted by molar-refractivity contribution is -0.112. The van der Waals surface area contributed by atoms with E-state index in [1.165, 1.54) is 0 Å². The number of aromatic nitrogens is 1. The van der Waals surface area contributed by atoms with Crippen LogP contribution in [0, 0.1) is 11.3 Å². The lowest BCUT2D eigenvalue weighted by Gasteiger charge is -2.29. The van der Waals surface area contributed by atoms with Gasteiger partial charge >= 0.3 is 0 Å². The molecule has 0 bridgehead atoms. The lowest BCUT2D eigenvalue weighted by atomic mass is 10.1. The van der Waals surface area contributed by atoms with Crippen LogP contribution in [-0.4, -0.2) is 44.3 Å². The molecule has 2 aromatic carbocycles. The van der Waals surface area contributed by atoms with E-state index >= 15 is 0 Å². The number of carbonyl (C=O) groups excluding carboxylic acids is 1. The van der Waals surface area contributed by atoms with Crippen molar-refractivity contribution in [2.75, 3.05) is 43.6 Å². The van der Waals surface area contributed by atoms with Crippen LogP contribution < -0.4 is 15.0 Å². The minimum absolute atomic E-state index is 0.00223. The number of anilines is 2. The highest BCUT2D eigenvalue weighted by atomic mass is 16.5. The summed E-state index contributed by atoms with van der Waals surface area (Å²) in [5.41, 5.74) is 2.17. The first kappa shape index (κ1) is 20.4. The van der Waals surface area contributed by atoms with Crippen LogP contribution >= 0.6 is 0 Å². The second-order valence-corrected chi connectivity index (χ2v) is 7.05. The number of fused-ring (bicyclic) bond motifs is 1. The van der Waals surface area contributed by atoms with Gasteiger partial charge in [-0.2, -0.15) is 5.26 Å². The summed E-state index contributed by atoms with van der Waals surface area (Å²) in [4.78, 5) is 19.7. The maximum atomic E-state index is 12.8. The molecule has 1 aliphatic rings. The molecule has 156 valence electrons. The minimum atomic E-state index is -0.478. The fourth-order valence-corrected chi connectivity index (χ4v) is 3.43. The summed E-state index contributed by atoms with van der Waals surface area (Å²) in [6.45, 7) is 2.62. The summed E-state index contributed by atoms with van der Waals surface area (Å²) >= 11 is 0. The smallest absolute Gasteiger partial charge is 0.266 e. The third-order valence-electron chi connectivity index (χ3n) is 5.06. The Morgan fingerprint density at radius 2 is 1.94 bits per heavy atom. The highest BCUT2D eigenvalue weighted by molar-refractivity contribution is 6.10. The average Bonchev–Trinajstić information content (AvgIpc) is 2.83. The largest absolute Gasteiger partial charge is 0.497 e. The summed E-state index contributed by atoms with van der Waals surface area (Å²) < 4.78 is 10.6. The van der Waals surface area contributed by atoms with Crippen molar-refractivity contribution in [3.63, 3.8) is 0 Å². The predicted molar refractivity (Wildman–Crippen MR) is 120 cm³/mol. The van der Waals surface area contributed by atoms with Crippen molar-refractivity contribution in [2.24, 2.45) is 0 Å². The molecule has 1 fully saturated rings. The second-order valence-electron chi connectivity index (χ2n) is 7.05. The predicted octanol–water partition coefficient (Wildman–Crippen LogP) is 3.63. The monoisotopic (exact) mass is 414 g/mol. The number of ether oxygens (including phenoxy) is 2. The number of rotatable bonds is 5. The molecule has 0 saturated carbocycles. The molecule has 0 radical (unpaired) electrons. The zero-order valence-electron chi connectivity index (χ0n) is 17.2. The van der Waals surface area contributed by atoms with Gasteiger partial charge in [0, 0.05) is 29.7 Å². The molecule has 1 amide bonds. The van der Waals surface area contributed by atoms with Gasteiger partial charge in [-0.1, -0.05) is 18.2 Å². The minimum Gasteiger partial charge on any atom is -0.497 e. The number of amides is 1. The van der Waals surface area contributed by atoms with Gasteiger partial charge in [0.05, 0.1) is 25.8 Å². The van der Waals surface area contributed by atoms with Crippen molar-refractivity contribution in [3.05, 3.63) is 65.7 Å². The van der Waals surface area contributed by atoms with Crippen molar-refractivity contribution < 1.29 is 14.3 Å².